The summed E-state index contributed by atoms with van der Waals surface area (Å²) in [5.41, 5.74) is 2.88. The van der Waals surface area contributed by atoms with Crippen LogP contribution in [0.4, 0.5) is 10.1 Å². The summed E-state index contributed by atoms with van der Waals surface area (Å²) in [6, 6.07) is 20.0. The quantitative estimate of drug-likeness (QED) is 0.300. The standard InChI is InChI=1S/C25H18Cl2FN3OS/c26-18-10-9-15(11-19(18)27)13-31-14-16(17-5-1-4-8-22(17)31)12-23-24(32)30-25(33-23)29-21-7-3-2-6-20(21)28/h1-12,14,25,29H,13H2,(H,30,32)/b23-12-. The number of fused-ring (bicyclic) bond motifs is 1. The highest BCUT2D eigenvalue weighted by atomic mass is 35.5. The van der Waals surface area contributed by atoms with Crippen molar-refractivity contribution in [2.24, 2.45) is 0 Å². The SMILES string of the molecule is O=C1NC(Nc2ccccc2F)S/C1=C\c1cn(Cc2ccc(Cl)c(Cl)c2)c2ccccc12. The van der Waals surface area contributed by atoms with E-state index in [1.54, 1.807) is 24.3 Å². The van der Waals surface area contributed by atoms with Gasteiger partial charge in [-0.3, -0.25) is 4.79 Å². The highest BCUT2D eigenvalue weighted by molar-refractivity contribution is 8.05. The lowest BCUT2D eigenvalue weighted by molar-refractivity contribution is -0.116. The molecular weight excluding hydrogens is 480 g/mol. The van der Waals surface area contributed by atoms with Crippen LogP contribution in [-0.4, -0.2) is 16.0 Å². The van der Waals surface area contributed by atoms with Crippen LogP contribution in [0.25, 0.3) is 17.0 Å². The predicted molar refractivity (Wildman–Crippen MR) is 135 cm³/mol. The zero-order chi connectivity index (χ0) is 22.9. The molecule has 0 bridgehead atoms. The maximum atomic E-state index is 14.0. The fraction of sp³-hybridized carbons (Fsp3) is 0.0800. The first-order valence-electron chi connectivity index (χ1n) is 10.2. The number of halogens is 3. The Morgan fingerprint density at radius 1 is 1.06 bits per heavy atom. The van der Waals surface area contributed by atoms with Gasteiger partial charge in [-0.05, 0) is 42.0 Å². The number of rotatable bonds is 5. The van der Waals surface area contributed by atoms with E-state index in [1.165, 1.54) is 17.8 Å². The Bertz CT molecular complexity index is 1400. The highest BCUT2D eigenvalue weighted by Crippen LogP contribution is 2.33. The molecule has 0 spiro atoms. The average molecular weight is 498 g/mol. The Kier molecular flexibility index (Phi) is 6.06. The molecule has 166 valence electrons. The molecule has 1 aliphatic rings. The predicted octanol–water partition coefficient (Wildman–Crippen LogP) is 6.74. The summed E-state index contributed by atoms with van der Waals surface area (Å²) in [7, 11) is 0. The van der Waals surface area contributed by atoms with Gasteiger partial charge in [-0.15, -0.1) is 0 Å². The summed E-state index contributed by atoms with van der Waals surface area (Å²) < 4.78 is 16.1. The van der Waals surface area contributed by atoms with Gasteiger partial charge in [-0.25, -0.2) is 4.39 Å². The number of nitrogens with zero attached hydrogens (tertiary/aromatic N) is 1. The Morgan fingerprint density at radius 2 is 1.85 bits per heavy atom. The van der Waals surface area contributed by atoms with Crippen molar-refractivity contribution in [2.75, 3.05) is 5.32 Å². The van der Waals surface area contributed by atoms with Crippen LogP contribution in [0.2, 0.25) is 10.0 Å². The van der Waals surface area contributed by atoms with Gasteiger partial charge in [0.2, 0.25) is 0 Å². The Balaban J connectivity index is 1.43. The number of anilines is 1. The highest BCUT2D eigenvalue weighted by Gasteiger charge is 2.28. The second kappa shape index (κ2) is 9.14. The lowest BCUT2D eigenvalue weighted by atomic mass is 10.1. The Labute approximate surface area is 204 Å². The molecule has 1 saturated heterocycles. The number of benzene rings is 3. The van der Waals surface area contributed by atoms with Gasteiger partial charge < -0.3 is 15.2 Å². The van der Waals surface area contributed by atoms with Gasteiger partial charge in [-0.1, -0.05) is 71.4 Å². The minimum atomic E-state index is -0.454. The smallest absolute Gasteiger partial charge is 0.260 e. The molecule has 4 nitrogen and oxygen atoms in total. The summed E-state index contributed by atoms with van der Waals surface area (Å²) in [5, 5.41) is 7.94. The molecule has 0 aliphatic carbocycles. The number of para-hydroxylation sites is 2. The van der Waals surface area contributed by atoms with Gasteiger partial charge in [0.1, 0.15) is 5.82 Å². The molecule has 2 heterocycles. The zero-order valence-electron chi connectivity index (χ0n) is 17.2. The van der Waals surface area contributed by atoms with Crippen LogP contribution in [0.3, 0.4) is 0 Å². The Hall–Kier alpha value is -2.93. The number of thioether (sulfide) groups is 1. The van der Waals surface area contributed by atoms with E-state index >= 15 is 0 Å². The normalized spacial score (nSPS) is 17.0. The van der Waals surface area contributed by atoms with Crippen molar-refractivity contribution >= 4 is 63.5 Å². The monoisotopic (exact) mass is 497 g/mol. The van der Waals surface area contributed by atoms with E-state index in [1.807, 2.05) is 48.7 Å². The first-order valence-corrected chi connectivity index (χ1v) is 11.8. The van der Waals surface area contributed by atoms with Crippen molar-refractivity contribution in [3.8, 4) is 0 Å². The molecule has 3 aromatic carbocycles. The van der Waals surface area contributed by atoms with Crippen molar-refractivity contribution in [1.82, 2.24) is 9.88 Å². The van der Waals surface area contributed by atoms with E-state index in [2.05, 4.69) is 15.2 Å². The van der Waals surface area contributed by atoms with Crippen LogP contribution in [0.15, 0.2) is 77.8 Å². The third kappa shape index (κ3) is 4.60. The summed E-state index contributed by atoms with van der Waals surface area (Å²) in [6.07, 6.45) is 3.89. The fourth-order valence-corrected chi connectivity index (χ4v) is 5.07. The summed E-state index contributed by atoms with van der Waals surface area (Å²) in [5.74, 6) is -0.565. The molecule has 1 aliphatic heterocycles. The molecule has 0 saturated carbocycles. The zero-order valence-corrected chi connectivity index (χ0v) is 19.5. The van der Waals surface area contributed by atoms with E-state index < -0.39 is 5.50 Å². The molecule has 1 atom stereocenters. The number of nitrogens with one attached hydrogen (secondary N) is 2. The fourth-order valence-electron chi connectivity index (χ4n) is 3.78. The average Bonchev–Trinajstić information content (AvgIpc) is 3.32. The van der Waals surface area contributed by atoms with E-state index in [0.717, 1.165) is 22.0 Å². The summed E-state index contributed by atoms with van der Waals surface area (Å²) in [4.78, 5) is 13.2. The topological polar surface area (TPSA) is 46.1 Å². The van der Waals surface area contributed by atoms with Gasteiger partial charge in [0.15, 0.2) is 5.50 Å². The third-order valence-corrected chi connectivity index (χ3v) is 7.10. The molecule has 33 heavy (non-hydrogen) atoms. The number of carbonyl (C=O) groups excluding carboxylic acids is 1. The van der Waals surface area contributed by atoms with Crippen LogP contribution >= 0.6 is 35.0 Å². The molecular formula is C25H18Cl2FN3OS. The van der Waals surface area contributed by atoms with E-state index in [4.69, 9.17) is 23.2 Å². The number of hydrogen-bond donors (Lipinski definition) is 2. The van der Waals surface area contributed by atoms with Crippen molar-refractivity contribution in [2.45, 2.75) is 12.0 Å². The van der Waals surface area contributed by atoms with E-state index in [9.17, 15) is 9.18 Å². The van der Waals surface area contributed by atoms with Crippen LogP contribution < -0.4 is 10.6 Å². The molecule has 8 heteroatoms. The summed E-state index contributed by atoms with van der Waals surface area (Å²) >= 11 is 13.6. The number of aromatic nitrogens is 1. The maximum absolute atomic E-state index is 14.0. The van der Waals surface area contributed by atoms with Gasteiger partial charge in [0, 0.05) is 29.2 Å². The number of carbonyl (C=O) groups is 1. The number of hydrogen-bond acceptors (Lipinski definition) is 3. The van der Waals surface area contributed by atoms with Crippen LogP contribution in [0.1, 0.15) is 11.1 Å². The van der Waals surface area contributed by atoms with Crippen molar-refractivity contribution in [3.63, 3.8) is 0 Å². The summed E-state index contributed by atoms with van der Waals surface area (Å²) in [6.45, 7) is 0.609. The van der Waals surface area contributed by atoms with Gasteiger partial charge >= 0.3 is 0 Å². The van der Waals surface area contributed by atoms with E-state index in [-0.39, 0.29) is 11.7 Å². The lowest BCUT2D eigenvalue weighted by Gasteiger charge is -2.12. The molecule has 1 amide bonds. The second-order valence-electron chi connectivity index (χ2n) is 7.58. The van der Waals surface area contributed by atoms with Gasteiger partial charge in [0.05, 0.1) is 20.6 Å². The minimum absolute atomic E-state index is 0.199. The first-order chi connectivity index (χ1) is 16.0. The largest absolute Gasteiger partial charge is 0.354 e. The molecule has 5 rings (SSSR count). The van der Waals surface area contributed by atoms with Crippen LogP contribution in [0, 0.1) is 5.82 Å². The molecule has 2 N–H and O–H groups in total. The van der Waals surface area contributed by atoms with Crippen molar-refractivity contribution < 1.29 is 9.18 Å². The molecule has 1 aromatic heterocycles. The molecule has 0 radical (unpaired) electrons. The third-order valence-electron chi connectivity index (χ3n) is 5.33. The molecule has 1 unspecified atom stereocenters. The van der Waals surface area contributed by atoms with Gasteiger partial charge in [-0.2, -0.15) is 0 Å². The first kappa shape index (κ1) is 21.9. The van der Waals surface area contributed by atoms with E-state index in [0.29, 0.717) is 27.2 Å². The van der Waals surface area contributed by atoms with Crippen LogP contribution in [-0.2, 0) is 11.3 Å². The van der Waals surface area contributed by atoms with Crippen molar-refractivity contribution in [3.05, 3.63) is 105 Å². The second-order valence-corrected chi connectivity index (χ2v) is 9.54. The Morgan fingerprint density at radius 3 is 2.67 bits per heavy atom. The van der Waals surface area contributed by atoms with Crippen molar-refractivity contribution in [1.29, 1.82) is 0 Å². The minimum Gasteiger partial charge on any atom is -0.354 e. The molecule has 1 fully saturated rings. The van der Waals surface area contributed by atoms with Gasteiger partial charge in [0.25, 0.3) is 5.91 Å². The maximum Gasteiger partial charge on any atom is 0.260 e. The van der Waals surface area contributed by atoms with Crippen LogP contribution in [0.5, 0.6) is 0 Å². The lowest BCUT2D eigenvalue weighted by Crippen LogP contribution is -2.31. The molecule has 4 aromatic rings. The number of amides is 1.